The van der Waals surface area contributed by atoms with Crippen LogP contribution in [0.3, 0.4) is 0 Å². The van der Waals surface area contributed by atoms with Crippen LogP contribution in [0.4, 0.5) is 0 Å². The molecule has 1 aromatic heterocycles. The molecule has 0 saturated heterocycles. The van der Waals surface area contributed by atoms with E-state index >= 15 is 0 Å². The number of hydrogen-bond donors (Lipinski definition) is 1. The lowest BCUT2D eigenvalue weighted by molar-refractivity contribution is -0.121. The second kappa shape index (κ2) is 8.05. The van der Waals surface area contributed by atoms with Crippen LogP contribution < -0.4 is 5.32 Å². The Labute approximate surface area is 134 Å². The third kappa shape index (κ3) is 5.06. The van der Waals surface area contributed by atoms with Gasteiger partial charge in [-0.3, -0.25) is 4.79 Å². The Balaban J connectivity index is 1.68. The van der Waals surface area contributed by atoms with Gasteiger partial charge in [-0.05, 0) is 30.5 Å². The van der Waals surface area contributed by atoms with Crippen LogP contribution in [-0.2, 0) is 17.8 Å². The van der Waals surface area contributed by atoms with Crippen molar-refractivity contribution in [2.75, 3.05) is 6.54 Å². The number of nitrogens with zero attached hydrogens (tertiary/aromatic N) is 2. The van der Waals surface area contributed by atoms with Crippen molar-refractivity contribution < 1.29 is 4.79 Å². The van der Waals surface area contributed by atoms with Gasteiger partial charge in [-0.1, -0.05) is 29.3 Å². The van der Waals surface area contributed by atoms with Gasteiger partial charge in [-0.25, -0.2) is 4.98 Å². The maximum atomic E-state index is 11.8. The minimum absolute atomic E-state index is 0.0108. The van der Waals surface area contributed by atoms with Crippen molar-refractivity contribution >= 4 is 29.1 Å². The van der Waals surface area contributed by atoms with Crippen LogP contribution >= 0.6 is 23.2 Å². The summed E-state index contributed by atoms with van der Waals surface area (Å²) in [5.74, 6) is 0.0108. The van der Waals surface area contributed by atoms with E-state index in [1.54, 1.807) is 30.7 Å². The summed E-state index contributed by atoms with van der Waals surface area (Å²) in [5.41, 5.74) is 0.828. The van der Waals surface area contributed by atoms with E-state index in [2.05, 4.69) is 10.3 Å². The van der Waals surface area contributed by atoms with Gasteiger partial charge in [0.15, 0.2) is 0 Å². The van der Waals surface area contributed by atoms with E-state index in [9.17, 15) is 4.79 Å². The van der Waals surface area contributed by atoms with E-state index in [-0.39, 0.29) is 5.91 Å². The number of nitrogens with one attached hydrogen (secondary N) is 1. The molecule has 0 unspecified atom stereocenters. The number of carbonyl (C=O) groups excluding carboxylic acids is 1. The minimum Gasteiger partial charge on any atom is -0.356 e. The third-order valence-electron chi connectivity index (χ3n) is 3.14. The van der Waals surface area contributed by atoms with Crippen molar-refractivity contribution in [2.45, 2.75) is 25.8 Å². The van der Waals surface area contributed by atoms with Crippen molar-refractivity contribution in [1.82, 2.24) is 14.9 Å². The predicted octanol–water partition coefficient (Wildman–Crippen LogP) is 3.33. The average Bonchev–Trinajstić information content (AvgIpc) is 2.96. The summed E-state index contributed by atoms with van der Waals surface area (Å²) in [6.07, 6.45) is 7.21. The maximum absolute atomic E-state index is 11.8. The largest absolute Gasteiger partial charge is 0.356 e. The van der Waals surface area contributed by atoms with E-state index in [1.807, 2.05) is 10.8 Å². The molecule has 4 nitrogen and oxygen atoms in total. The summed E-state index contributed by atoms with van der Waals surface area (Å²) in [4.78, 5) is 15.8. The summed E-state index contributed by atoms with van der Waals surface area (Å²) in [6.45, 7) is 1.49. The van der Waals surface area contributed by atoms with Gasteiger partial charge in [0, 0.05) is 41.9 Å². The van der Waals surface area contributed by atoms with Gasteiger partial charge in [0.05, 0.1) is 6.33 Å². The number of halogens is 2. The lowest BCUT2D eigenvalue weighted by Crippen LogP contribution is -2.25. The van der Waals surface area contributed by atoms with Crippen LogP contribution in [0.2, 0.25) is 10.0 Å². The maximum Gasteiger partial charge on any atom is 0.220 e. The molecule has 0 aliphatic heterocycles. The molecule has 0 aliphatic rings. The van der Waals surface area contributed by atoms with E-state index < -0.39 is 0 Å². The summed E-state index contributed by atoms with van der Waals surface area (Å²) < 4.78 is 1.98. The molecule has 1 N–H and O–H groups in total. The molecule has 2 aromatic rings. The van der Waals surface area contributed by atoms with Crippen molar-refractivity contribution in [3.8, 4) is 0 Å². The Kier molecular flexibility index (Phi) is 6.08. The molecule has 0 atom stereocenters. The number of hydrogen-bond acceptors (Lipinski definition) is 2. The highest BCUT2D eigenvalue weighted by Crippen LogP contribution is 2.25. The molecule has 0 radical (unpaired) electrons. The topological polar surface area (TPSA) is 46.9 Å². The first-order valence-corrected chi connectivity index (χ1v) is 7.58. The fourth-order valence-corrected chi connectivity index (χ4v) is 2.59. The van der Waals surface area contributed by atoms with Gasteiger partial charge >= 0.3 is 0 Å². The minimum atomic E-state index is 0.0108. The highest BCUT2D eigenvalue weighted by molar-refractivity contribution is 6.36. The highest BCUT2D eigenvalue weighted by Gasteiger charge is 2.08. The molecule has 112 valence electrons. The molecule has 1 heterocycles. The number of carbonyl (C=O) groups is 1. The molecular weight excluding hydrogens is 309 g/mol. The second-order valence-electron chi connectivity index (χ2n) is 4.70. The van der Waals surface area contributed by atoms with Gasteiger partial charge in [0.25, 0.3) is 0 Å². The fourth-order valence-electron chi connectivity index (χ4n) is 2.01. The van der Waals surface area contributed by atoms with Crippen LogP contribution in [0, 0.1) is 0 Å². The van der Waals surface area contributed by atoms with Crippen molar-refractivity contribution in [1.29, 1.82) is 0 Å². The molecule has 1 aromatic carbocycles. The normalized spacial score (nSPS) is 10.6. The molecule has 0 fully saturated rings. The Morgan fingerprint density at radius 3 is 2.71 bits per heavy atom. The second-order valence-corrected chi connectivity index (χ2v) is 5.52. The number of imidazole rings is 1. The van der Waals surface area contributed by atoms with Gasteiger partial charge in [0.1, 0.15) is 0 Å². The summed E-state index contributed by atoms with van der Waals surface area (Å²) in [6, 6.07) is 5.36. The van der Waals surface area contributed by atoms with E-state index in [0.29, 0.717) is 29.4 Å². The monoisotopic (exact) mass is 325 g/mol. The van der Waals surface area contributed by atoms with Crippen LogP contribution in [0.25, 0.3) is 0 Å². The number of amides is 1. The molecular formula is C15H17Cl2N3O. The Bertz CT molecular complexity index is 564. The SMILES string of the molecule is O=C(CCc1c(Cl)cccc1Cl)NCCCn1ccnc1. The fraction of sp³-hybridized carbons (Fsp3) is 0.333. The Morgan fingerprint density at radius 1 is 1.29 bits per heavy atom. The quantitative estimate of drug-likeness (QED) is 0.794. The lowest BCUT2D eigenvalue weighted by Gasteiger charge is -2.08. The van der Waals surface area contributed by atoms with E-state index in [4.69, 9.17) is 23.2 Å². The van der Waals surface area contributed by atoms with Gasteiger partial charge in [0.2, 0.25) is 5.91 Å². The summed E-state index contributed by atoms with van der Waals surface area (Å²) in [5, 5.41) is 4.11. The molecule has 2 rings (SSSR count). The zero-order chi connectivity index (χ0) is 15.1. The molecule has 6 heteroatoms. The summed E-state index contributed by atoms with van der Waals surface area (Å²) in [7, 11) is 0. The first kappa shape index (κ1) is 15.9. The first-order chi connectivity index (χ1) is 10.2. The van der Waals surface area contributed by atoms with Crippen molar-refractivity contribution in [2.24, 2.45) is 0 Å². The molecule has 1 amide bonds. The standard InChI is InChI=1S/C15H17Cl2N3O/c16-13-3-1-4-14(17)12(13)5-6-15(21)19-7-2-9-20-10-8-18-11-20/h1,3-4,8,10-11H,2,5-7,9H2,(H,19,21). The third-order valence-corrected chi connectivity index (χ3v) is 3.85. The number of rotatable bonds is 7. The van der Waals surface area contributed by atoms with E-state index in [0.717, 1.165) is 18.5 Å². The molecule has 0 saturated carbocycles. The Morgan fingerprint density at radius 2 is 2.05 bits per heavy atom. The van der Waals surface area contributed by atoms with Crippen molar-refractivity contribution in [3.63, 3.8) is 0 Å². The smallest absolute Gasteiger partial charge is 0.220 e. The highest BCUT2D eigenvalue weighted by atomic mass is 35.5. The van der Waals surface area contributed by atoms with Crippen LogP contribution in [-0.4, -0.2) is 22.0 Å². The van der Waals surface area contributed by atoms with Gasteiger partial charge in [-0.2, -0.15) is 0 Å². The van der Waals surface area contributed by atoms with Crippen LogP contribution in [0.5, 0.6) is 0 Å². The van der Waals surface area contributed by atoms with Gasteiger partial charge < -0.3 is 9.88 Å². The zero-order valence-electron chi connectivity index (χ0n) is 11.6. The molecule has 0 bridgehead atoms. The van der Waals surface area contributed by atoms with Crippen LogP contribution in [0.15, 0.2) is 36.9 Å². The average molecular weight is 326 g/mol. The molecule has 0 spiro atoms. The molecule has 0 aliphatic carbocycles. The van der Waals surface area contributed by atoms with Gasteiger partial charge in [-0.15, -0.1) is 0 Å². The lowest BCUT2D eigenvalue weighted by atomic mass is 10.1. The summed E-state index contributed by atoms with van der Waals surface area (Å²) >= 11 is 12.1. The Hall–Kier alpha value is -1.52. The number of aromatic nitrogens is 2. The number of benzene rings is 1. The predicted molar refractivity (Wildman–Crippen MR) is 84.6 cm³/mol. The number of aryl methyl sites for hydroxylation is 1. The van der Waals surface area contributed by atoms with Crippen LogP contribution in [0.1, 0.15) is 18.4 Å². The molecule has 21 heavy (non-hydrogen) atoms. The first-order valence-electron chi connectivity index (χ1n) is 6.82. The van der Waals surface area contributed by atoms with E-state index in [1.165, 1.54) is 0 Å². The van der Waals surface area contributed by atoms with Crippen molar-refractivity contribution in [3.05, 3.63) is 52.5 Å². The zero-order valence-corrected chi connectivity index (χ0v) is 13.1.